The van der Waals surface area contributed by atoms with Crippen LogP contribution in [0.2, 0.25) is 0 Å². The molecule has 1 aromatic carbocycles. The number of nitrogens with zero attached hydrogens (tertiary/aromatic N) is 3. The van der Waals surface area contributed by atoms with Gasteiger partial charge in [0.25, 0.3) is 0 Å². The van der Waals surface area contributed by atoms with Crippen LogP contribution in [0, 0.1) is 0 Å². The largest absolute Gasteiger partial charge is 0.334 e. The highest BCUT2D eigenvalue weighted by Gasteiger charge is 2.02. The zero-order valence-electron chi connectivity index (χ0n) is 10.8. The molecule has 1 aromatic heterocycles. The molecule has 0 aliphatic carbocycles. The number of nitrogens with one attached hydrogen (secondary N) is 1. The van der Waals surface area contributed by atoms with Crippen LogP contribution in [-0.4, -0.2) is 41.8 Å². The summed E-state index contributed by atoms with van der Waals surface area (Å²) in [5.41, 5.74) is 3.62. The van der Waals surface area contributed by atoms with E-state index in [9.17, 15) is 0 Å². The molecule has 92 valence electrons. The van der Waals surface area contributed by atoms with E-state index in [2.05, 4.69) is 40.4 Å². The van der Waals surface area contributed by atoms with Crippen molar-refractivity contribution in [1.29, 1.82) is 0 Å². The Bertz CT molecular complexity index is 489. The Morgan fingerprint density at radius 2 is 2.24 bits per heavy atom. The van der Waals surface area contributed by atoms with Gasteiger partial charge in [0.2, 0.25) is 0 Å². The van der Waals surface area contributed by atoms with Gasteiger partial charge in [0.05, 0.1) is 17.4 Å². The summed E-state index contributed by atoms with van der Waals surface area (Å²) in [6.45, 7) is 1.98. The first kappa shape index (κ1) is 12.1. The molecule has 0 radical (unpaired) electrons. The SMILES string of the molecule is CNCN(C)CCc1ccc2c(c1)ncn2C. The second-order valence-corrected chi connectivity index (χ2v) is 4.52. The van der Waals surface area contributed by atoms with E-state index < -0.39 is 0 Å². The molecule has 4 nitrogen and oxygen atoms in total. The van der Waals surface area contributed by atoms with Gasteiger partial charge in [-0.15, -0.1) is 0 Å². The standard InChI is InChI=1S/C13H20N4/c1-14-9-16(2)7-6-11-4-5-13-12(8-11)15-10-17(13)3/h4-5,8,10,14H,6-7,9H2,1-3H3. The molecule has 2 aromatic rings. The van der Waals surface area contributed by atoms with E-state index in [0.717, 1.165) is 25.2 Å². The predicted molar refractivity (Wildman–Crippen MR) is 71.0 cm³/mol. The lowest BCUT2D eigenvalue weighted by Gasteiger charge is -2.15. The van der Waals surface area contributed by atoms with Gasteiger partial charge in [0.1, 0.15) is 0 Å². The molecule has 0 fully saturated rings. The first-order chi connectivity index (χ1) is 8.20. The maximum absolute atomic E-state index is 4.38. The number of rotatable bonds is 5. The van der Waals surface area contributed by atoms with Crippen LogP contribution in [0.15, 0.2) is 24.5 Å². The molecule has 0 spiro atoms. The highest BCUT2D eigenvalue weighted by atomic mass is 15.2. The number of hydrogen-bond acceptors (Lipinski definition) is 3. The van der Waals surface area contributed by atoms with Crippen LogP contribution in [0.3, 0.4) is 0 Å². The molecule has 0 amide bonds. The first-order valence-electron chi connectivity index (χ1n) is 5.94. The minimum absolute atomic E-state index is 0.922. The van der Waals surface area contributed by atoms with Crippen molar-refractivity contribution in [2.24, 2.45) is 7.05 Å². The number of likely N-dealkylation sites (N-methyl/N-ethyl adjacent to an activating group) is 1. The van der Waals surface area contributed by atoms with Crippen molar-refractivity contribution in [1.82, 2.24) is 19.8 Å². The van der Waals surface area contributed by atoms with E-state index >= 15 is 0 Å². The average Bonchev–Trinajstić information content (AvgIpc) is 2.69. The molecule has 0 bridgehead atoms. The molecule has 0 aliphatic heterocycles. The predicted octanol–water partition coefficient (Wildman–Crippen LogP) is 1.22. The Morgan fingerprint density at radius 3 is 3.00 bits per heavy atom. The zero-order chi connectivity index (χ0) is 12.3. The van der Waals surface area contributed by atoms with Gasteiger partial charge >= 0.3 is 0 Å². The number of imidazole rings is 1. The third kappa shape index (κ3) is 2.84. The maximum atomic E-state index is 4.38. The molecule has 1 heterocycles. The molecule has 0 atom stereocenters. The summed E-state index contributed by atoms with van der Waals surface area (Å²) in [5.74, 6) is 0. The van der Waals surface area contributed by atoms with E-state index in [4.69, 9.17) is 0 Å². The lowest BCUT2D eigenvalue weighted by atomic mass is 10.1. The molecule has 0 unspecified atom stereocenters. The quantitative estimate of drug-likeness (QED) is 0.787. The lowest BCUT2D eigenvalue weighted by molar-refractivity contribution is 0.321. The Balaban J connectivity index is 2.04. The van der Waals surface area contributed by atoms with E-state index in [1.54, 1.807) is 0 Å². The van der Waals surface area contributed by atoms with Crippen LogP contribution in [0.1, 0.15) is 5.56 Å². The van der Waals surface area contributed by atoms with Crippen molar-refractivity contribution in [2.45, 2.75) is 6.42 Å². The number of benzene rings is 1. The second kappa shape index (κ2) is 5.29. The van der Waals surface area contributed by atoms with Gasteiger partial charge in [-0.2, -0.15) is 0 Å². The number of aryl methyl sites for hydroxylation is 1. The Hall–Kier alpha value is -1.39. The lowest BCUT2D eigenvalue weighted by Crippen LogP contribution is -2.30. The van der Waals surface area contributed by atoms with Gasteiger partial charge in [0.15, 0.2) is 0 Å². The Morgan fingerprint density at radius 1 is 1.41 bits per heavy atom. The molecular weight excluding hydrogens is 212 g/mol. The number of hydrogen-bond donors (Lipinski definition) is 1. The summed E-state index contributed by atoms with van der Waals surface area (Å²) in [6.07, 6.45) is 2.92. The molecule has 2 rings (SSSR count). The van der Waals surface area contributed by atoms with E-state index in [1.165, 1.54) is 11.1 Å². The fourth-order valence-electron chi connectivity index (χ4n) is 2.01. The number of aromatic nitrogens is 2. The Labute approximate surface area is 102 Å². The van der Waals surface area contributed by atoms with Crippen LogP contribution >= 0.6 is 0 Å². The average molecular weight is 232 g/mol. The van der Waals surface area contributed by atoms with E-state index in [-0.39, 0.29) is 0 Å². The van der Waals surface area contributed by atoms with Crippen molar-refractivity contribution in [3.05, 3.63) is 30.1 Å². The third-order valence-electron chi connectivity index (χ3n) is 3.00. The molecule has 0 saturated heterocycles. The monoisotopic (exact) mass is 232 g/mol. The molecule has 1 N–H and O–H groups in total. The van der Waals surface area contributed by atoms with Crippen molar-refractivity contribution in [2.75, 3.05) is 27.3 Å². The van der Waals surface area contributed by atoms with Crippen molar-refractivity contribution >= 4 is 11.0 Å². The van der Waals surface area contributed by atoms with Gasteiger partial charge in [-0.3, -0.25) is 4.90 Å². The minimum atomic E-state index is 0.922. The fraction of sp³-hybridized carbons (Fsp3) is 0.462. The second-order valence-electron chi connectivity index (χ2n) is 4.52. The van der Waals surface area contributed by atoms with Crippen LogP contribution in [0.5, 0.6) is 0 Å². The normalized spacial score (nSPS) is 11.5. The summed E-state index contributed by atoms with van der Waals surface area (Å²) >= 11 is 0. The van der Waals surface area contributed by atoms with Gasteiger partial charge in [0, 0.05) is 20.3 Å². The zero-order valence-corrected chi connectivity index (χ0v) is 10.8. The highest BCUT2D eigenvalue weighted by Crippen LogP contribution is 2.14. The van der Waals surface area contributed by atoms with Crippen LogP contribution in [-0.2, 0) is 13.5 Å². The van der Waals surface area contributed by atoms with Crippen molar-refractivity contribution < 1.29 is 0 Å². The van der Waals surface area contributed by atoms with E-state index in [1.807, 2.05) is 25.0 Å². The van der Waals surface area contributed by atoms with E-state index in [0.29, 0.717) is 0 Å². The van der Waals surface area contributed by atoms with Gasteiger partial charge in [-0.25, -0.2) is 4.98 Å². The molecule has 17 heavy (non-hydrogen) atoms. The highest BCUT2D eigenvalue weighted by molar-refractivity contribution is 5.75. The molecule has 0 saturated carbocycles. The summed E-state index contributed by atoms with van der Waals surface area (Å²) in [4.78, 5) is 6.65. The molecule has 4 heteroatoms. The van der Waals surface area contributed by atoms with Gasteiger partial charge < -0.3 is 9.88 Å². The fourth-order valence-corrected chi connectivity index (χ4v) is 2.01. The number of fused-ring (bicyclic) bond motifs is 1. The van der Waals surface area contributed by atoms with Crippen molar-refractivity contribution in [3.63, 3.8) is 0 Å². The summed E-state index contributed by atoms with van der Waals surface area (Å²) in [7, 11) is 6.11. The van der Waals surface area contributed by atoms with Crippen LogP contribution < -0.4 is 5.32 Å². The summed E-state index contributed by atoms with van der Waals surface area (Å²) in [6, 6.07) is 6.52. The van der Waals surface area contributed by atoms with Gasteiger partial charge in [-0.1, -0.05) is 6.07 Å². The molecule has 0 aliphatic rings. The minimum Gasteiger partial charge on any atom is -0.334 e. The van der Waals surface area contributed by atoms with Crippen LogP contribution in [0.4, 0.5) is 0 Å². The Kier molecular flexibility index (Phi) is 3.76. The topological polar surface area (TPSA) is 33.1 Å². The summed E-state index contributed by atoms with van der Waals surface area (Å²) < 4.78 is 2.05. The smallest absolute Gasteiger partial charge is 0.0955 e. The van der Waals surface area contributed by atoms with Gasteiger partial charge in [-0.05, 0) is 38.2 Å². The summed E-state index contributed by atoms with van der Waals surface area (Å²) in [5, 5.41) is 3.15. The first-order valence-corrected chi connectivity index (χ1v) is 5.94. The third-order valence-corrected chi connectivity index (χ3v) is 3.00. The maximum Gasteiger partial charge on any atom is 0.0955 e. The van der Waals surface area contributed by atoms with Crippen molar-refractivity contribution in [3.8, 4) is 0 Å². The van der Waals surface area contributed by atoms with Crippen LogP contribution in [0.25, 0.3) is 11.0 Å². The molecular formula is C13H20N4.